The van der Waals surface area contributed by atoms with Crippen molar-refractivity contribution in [3.05, 3.63) is 60.4 Å². The quantitative estimate of drug-likeness (QED) is 0.635. The van der Waals surface area contributed by atoms with Crippen LogP contribution in [0.5, 0.6) is 0 Å². The molecule has 8 nitrogen and oxygen atoms in total. The number of amides is 1. The number of nitrogens with zero attached hydrogens (tertiary/aromatic N) is 5. The molecule has 0 aliphatic carbocycles. The summed E-state index contributed by atoms with van der Waals surface area (Å²) in [5, 5.41) is 3.19. The van der Waals surface area contributed by atoms with Crippen LogP contribution >= 0.6 is 0 Å². The second kappa shape index (κ2) is 8.63. The van der Waals surface area contributed by atoms with Crippen molar-refractivity contribution < 1.29 is 13.9 Å². The summed E-state index contributed by atoms with van der Waals surface area (Å²) in [6, 6.07) is 9.79. The first-order chi connectivity index (χ1) is 14.9. The summed E-state index contributed by atoms with van der Waals surface area (Å²) < 4.78 is 18.3. The molecule has 31 heavy (non-hydrogen) atoms. The van der Waals surface area contributed by atoms with Crippen LogP contribution in [-0.2, 0) is 4.74 Å². The van der Waals surface area contributed by atoms with Crippen LogP contribution in [0.3, 0.4) is 0 Å². The molecule has 1 amide bonds. The normalized spacial score (nSPS) is 17.0. The maximum atomic E-state index is 13.1. The molecule has 2 aromatic heterocycles. The fraction of sp³-hybridized carbons (Fsp3) is 0.318. The third-order valence-electron chi connectivity index (χ3n) is 5.20. The third-order valence-corrected chi connectivity index (χ3v) is 5.20. The molecule has 1 saturated heterocycles. The van der Waals surface area contributed by atoms with E-state index in [0.717, 1.165) is 16.8 Å². The van der Waals surface area contributed by atoms with E-state index in [-0.39, 0.29) is 29.8 Å². The second-order valence-corrected chi connectivity index (χ2v) is 7.71. The summed E-state index contributed by atoms with van der Waals surface area (Å²) in [4.78, 5) is 30.9. The predicted molar refractivity (Wildman–Crippen MR) is 114 cm³/mol. The van der Waals surface area contributed by atoms with Gasteiger partial charge in [0.15, 0.2) is 0 Å². The van der Waals surface area contributed by atoms with Crippen molar-refractivity contribution >= 4 is 18.0 Å². The van der Waals surface area contributed by atoms with E-state index in [0.29, 0.717) is 12.6 Å². The Morgan fingerprint density at radius 2 is 1.81 bits per heavy atom. The van der Waals surface area contributed by atoms with Crippen LogP contribution in [0.2, 0.25) is 0 Å². The van der Waals surface area contributed by atoms with Gasteiger partial charge in [-0.3, -0.25) is 4.98 Å². The molecule has 2 atom stereocenters. The van der Waals surface area contributed by atoms with E-state index < -0.39 is 6.09 Å². The lowest BCUT2D eigenvalue weighted by molar-refractivity contribution is 0.177. The summed E-state index contributed by atoms with van der Waals surface area (Å²) in [5.74, 6) is 0.516. The maximum absolute atomic E-state index is 13.1. The highest BCUT2D eigenvalue weighted by Crippen LogP contribution is 2.25. The standard InChI is InChI=1S/C22H23FN6O2/c1-13(2)19-11-31-22(30)29(19)21-26-12-25-20(28-21)27-14(3)18-9-6-16(10-24-18)15-4-7-17(23)8-5-15/h4-10,12-14,19H,11H2,1-3H3,(H,25,26,27,28)/t14-,19+/m0/s1. The number of ether oxygens (including phenoxy) is 1. The van der Waals surface area contributed by atoms with Gasteiger partial charge in [0.25, 0.3) is 0 Å². The highest BCUT2D eigenvalue weighted by molar-refractivity contribution is 5.88. The topological polar surface area (TPSA) is 93.1 Å². The Kier molecular flexibility index (Phi) is 5.75. The molecule has 1 aliphatic rings. The van der Waals surface area contributed by atoms with Crippen molar-refractivity contribution in [3.63, 3.8) is 0 Å². The Labute approximate surface area is 179 Å². The molecule has 1 fully saturated rings. The van der Waals surface area contributed by atoms with E-state index in [1.54, 1.807) is 18.3 Å². The number of nitrogens with one attached hydrogen (secondary N) is 1. The summed E-state index contributed by atoms with van der Waals surface area (Å²) in [6.45, 7) is 6.28. The molecule has 4 rings (SSSR count). The number of anilines is 2. The molecule has 3 aromatic rings. The number of rotatable bonds is 6. The van der Waals surface area contributed by atoms with Gasteiger partial charge in [-0.15, -0.1) is 0 Å². The van der Waals surface area contributed by atoms with Crippen LogP contribution in [0, 0.1) is 11.7 Å². The van der Waals surface area contributed by atoms with Gasteiger partial charge in [0.2, 0.25) is 11.9 Å². The lowest BCUT2D eigenvalue weighted by atomic mass is 10.1. The zero-order valence-electron chi connectivity index (χ0n) is 17.5. The Morgan fingerprint density at radius 3 is 2.48 bits per heavy atom. The van der Waals surface area contributed by atoms with Gasteiger partial charge in [0, 0.05) is 11.8 Å². The van der Waals surface area contributed by atoms with Crippen LogP contribution in [0.1, 0.15) is 32.5 Å². The average Bonchev–Trinajstić information content (AvgIpc) is 3.16. The van der Waals surface area contributed by atoms with Crippen molar-refractivity contribution in [2.45, 2.75) is 32.9 Å². The van der Waals surface area contributed by atoms with Crippen molar-refractivity contribution in [1.82, 2.24) is 19.9 Å². The van der Waals surface area contributed by atoms with E-state index in [1.807, 2.05) is 32.9 Å². The molecular formula is C22H23FN6O2. The lowest BCUT2D eigenvalue weighted by Crippen LogP contribution is -2.38. The van der Waals surface area contributed by atoms with Crippen LogP contribution in [0.4, 0.5) is 21.1 Å². The zero-order chi connectivity index (χ0) is 22.0. The minimum absolute atomic E-state index is 0.124. The number of pyridine rings is 1. The van der Waals surface area contributed by atoms with Gasteiger partial charge < -0.3 is 10.1 Å². The van der Waals surface area contributed by atoms with Crippen molar-refractivity contribution in [2.75, 3.05) is 16.8 Å². The maximum Gasteiger partial charge on any atom is 0.417 e. The summed E-state index contributed by atoms with van der Waals surface area (Å²) >= 11 is 0. The summed E-state index contributed by atoms with van der Waals surface area (Å²) in [5.41, 5.74) is 2.57. The largest absolute Gasteiger partial charge is 0.447 e. The van der Waals surface area contributed by atoms with E-state index in [4.69, 9.17) is 4.74 Å². The first kappa shape index (κ1) is 20.6. The Balaban J connectivity index is 1.49. The fourth-order valence-corrected chi connectivity index (χ4v) is 3.37. The van der Waals surface area contributed by atoms with Crippen molar-refractivity contribution in [2.24, 2.45) is 5.92 Å². The van der Waals surface area contributed by atoms with Crippen LogP contribution in [0.15, 0.2) is 48.9 Å². The number of halogens is 1. The molecule has 0 unspecified atom stereocenters. The molecule has 1 N–H and O–H groups in total. The summed E-state index contributed by atoms with van der Waals surface area (Å²) in [6.07, 6.45) is 2.65. The van der Waals surface area contributed by atoms with Crippen LogP contribution < -0.4 is 10.2 Å². The average molecular weight is 422 g/mol. The van der Waals surface area contributed by atoms with Gasteiger partial charge in [-0.1, -0.05) is 32.0 Å². The zero-order valence-corrected chi connectivity index (χ0v) is 17.5. The smallest absolute Gasteiger partial charge is 0.417 e. The molecule has 0 saturated carbocycles. The van der Waals surface area contributed by atoms with Gasteiger partial charge in [-0.05, 0) is 36.6 Å². The second-order valence-electron chi connectivity index (χ2n) is 7.71. The first-order valence-corrected chi connectivity index (χ1v) is 10.1. The van der Waals surface area contributed by atoms with E-state index >= 15 is 0 Å². The van der Waals surface area contributed by atoms with Crippen molar-refractivity contribution in [3.8, 4) is 11.1 Å². The highest BCUT2D eigenvalue weighted by Gasteiger charge is 2.38. The van der Waals surface area contributed by atoms with Crippen molar-refractivity contribution in [1.29, 1.82) is 0 Å². The van der Waals surface area contributed by atoms with E-state index in [1.165, 1.54) is 23.4 Å². The number of benzene rings is 1. The SMILES string of the molecule is CC(C)[C@H]1COC(=O)N1c1ncnc(N[C@@H](C)c2ccc(-c3ccc(F)cc3)cn2)n1. The molecular weight excluding hydrogens is 399 g/mol. The van der Waals surface area contributed by atoms with Gasteiger partial charge in [-0.2, -0.15) is 4.98 Å². The monoisotopic (exact) mass is 422 g/mol. The third kappa shape index (κ3) is 4.45. The predicted octanol–water partition coefficient (Wildman–Crippen LogP) is 4.23. The molecule has 9 heteroatoms. The Morgan fingerprint density at radius 1 is 1.06 bits per heavy atom. The Hall–Kier alpha value is -3.62. The van der Waals surface area contributed by atoms with Gasteiger partial charge in [0.05, 0.1) is 17.8 Å². The Bertz CT molecular complexity index is 1060. The number of cyclic esters (lactones) is 1. The fourth-order valence-electron chi connectivity index (χ4n) is 3.37. The number of carbonyl (C=O) groups excluding carboxylic acids is 1. The first-order valence-electron chi connectivity index (χ1n) is 10.1. The summed E-state index contributed by atoms with van der Waals surface area (Å²) in [7, 11) is 0. The van der Waals surface area contributed by atoms with Gasteiger partial charge >= 0.3 is 6.09 Å². The highest BCUT2D eigenvalue weighted by atomic mass is 19.1. The molecule has 160 valence electrons. The molecule has 0 bridgehead atoms. The number of carbonyl (C=O) groups is 1. The van der Waals surface area contributed by atoms with E-state index in [9.17, 15) is 9.18 Å². The minimum Gasteiger partial charge on any atom is -0.447 e. The molecule has 0 spiro atoms. The van der Waals surface area contributed by atoms with Gasteiger partial charge in [-0.25, -0.2) is 24.1 Å². The lowest BCUT2D eigenvalue weighted by Gasteiger charge is -2.22. The number of hydrogen-bond acceptors (Lipinski definition) is 7. The minimum atomic E-state index is -0.457. The van der Waals surface area contributed by atoms with Gasteiger partial charge in [0.1, 0.15) is 18.8 Å². The molecule has 3 heterocycles. The number of hydrogen-bond donors (Lipinski definition) is 1. The number of aromatic nitrogens is 4. The molecule has 1 aromatic carbocycles. The van der Waals surface area contributed by atoms with E-state index in [2.05, 4.69) is 25.3 Å². The van der Waals surface area contributed by atoms with Crippen LogP contribution in [-0.4, -0.2) is 38.7 Å². The molecule has 0 radical (unpaired) electrons. The van der Waals surface area contributed by atoms with Crippen LogP contribution in [0.25, 0.3) is 11.1 Å². The molecule has 1 aliphatic heterocycles.